The molecule has 0 atom stereocenters. The number of benzene rings is 3. The van der Waals surface area contributed by atoms with E-state index in [1.807, 2.05) is 0 Å². The maximum absolute atomic E-state index is 14.3. The molecule has 0 unspecified atom stereocenters. The van der Waals surface area contributed by atoms with E-state index >= 15 is 0 Å². The highest BCUT2D eigenvalue weighted by molar-refractivity contribution is 5.75. The fourth-order valence-electron chi connectivity index (χ4n) is 4.81. The Kier molecular flexibility index (Phi) is 8.17. The predicted octanol–water partition coefficient (Wildman–Crippen LogP) is 7.86. The lowest BCUT2D eigenvalue weighted by atomic mass is 9.78. The Labute approximate surface area is 206 Å². The molecule has 0 aliphatic heterocycles. The van der Waals surface area contributed by atoms with Gasteiger partial charge in [-0.25, -0.2) is 0 Å². The third-order valence-electron chi connectivity index (χ3n) is 6.79. The van der Waals surface area contributed by atoms with Crippen molar-refractivity contribution < 1.29 is 23.0 Å². The second kappa shape index (κ2) is 11.5. The Morgan fingerprint density at radius 2 is 1.37 bits per heavy atom. The number of aryl methyl sites for hydroxylation is 1. The summed E-state index contributed by atoms with van der Waals surface area (Å²) < 4.78 is 38.6. The summed E-state index contributed by atoms with van der Waals surface area (Å²) in [5, 5.41) is 0. The molecule has 0 N–H and O–H groups in total. The van der Waals surface area contributed by atoms with E-state index < -0.39 is 23.4 Å². The van der Waals surface area contributed by atoms with Crippen LogP contribution in [-0.4, -0.2) is 12.6 Å². The first-order chi connectivity index (χ1) is 17.0. The molecule has 0 radical (unpaired) electrons. The van der Waals surface area contributed by atoms with Crippen LogP contribution in [0.5, 0.6) is 11.5 Å². The van der Waals surface area contributed by atoms with E-state index in [2.05, 4.69) is 55.5 Å². The van der Waals surface area contributed by atoms with Crippen LogP contribution in [0, 0.1) is 17.6 Å². The monoisotopic (exact) mass is 478 g/mol. The zero-order valence-corrected chi connectivity index (χ0v) is 20.4. The van der Waals surface area contributed by atoms with Gasteiger partial charge < -0.3 is 9.47 Å². The molecule has 35 heavy (non-hydrogen) atoms. The lowest BCUT2D eigenvalue weighted by Crippen LogP contribution is -2.25. The van der Waals surface area contributed by atoms with E-state index in [9.17, 15) is 13.6 Å². The lowest BCUT2D eigenvalue weighted by Gasteiger charge is -2.27. The summed E-state index contributed by atoms with van der Waals surface area (Å²) in [6.45, 7) is 4.08. The van der Waals surface area contributed by atoms with Gasteiger partial charge in [0.05, 0.1) is 12.5 Å². The Bertz CT molecular complexity index is 1130. The van der Waals surface area contributed by atoms with Crippen molar-refractivity contribution in [2.75, 3.05) is 6.61 Å². The first-order valence-corrected chi connectivity index (χ1v) is 12.5. The third kappa shape index (κ3) is 5.90. The van der Waals surface area contributed by atoms with Gasteiger partial charge in [0.1, 0.15) is 0 Å². The van der Waals surface area contributed by atoms with Crippen LogP contribution < -0.4 is 9.47 Å². The summed E-state index contributed by atoms with van der Waals surface area (Å²) in [5.41, 5.74) is 5.03. The van der Waals surface area contributed by atoms with Crippen molar-refractivity contribution in [3.05, 3.63) is 83.4 Å². The zero-order chi connectivity index (χ0) is 24.8. The third-order valence-corrected chi connectivity index (χ3v) is 6.79. The van der Waals surface area contributed by atoms with Crippen molar-refractivity contribution in [3.8, 4) is 22.6 Å². The second-order valence-corrected chi connectivity index (χ2v) is 9.16. The SMILES string of the molecule is CCCc1ccc(-c2ccc(C3CCC(C(=O)Oc4ccc(OCC)c(F)c4F)CC3)cc2)cc1. The maximum atomic E-state index is 14.3. The van der Waals surface area contributed by atoms with Crippen molar-refractivity contribution in [2.24, 2.45) is 5.92 Å². The minimum absolute atomic E-state index is 0.190. The maximum Gasteiger partial charge on any atom is 0.314 e. The zero-order valence-electron chi connectivity index (χ0n) is 20.4. The van der Waals surface area contributed by atoms with E-state index in [-0.39, 0.29) is 18.3 Å². The average molecular weight is 479 g/mol. The van der Waals surface area contributed by atoms with Crippen LogP contribution in [0.1, 0.15) is 63.0 Å². The van der Waals surface area contributed by atoms with E-state index in [0.717, 1.165) is 25.7 Å². The summed E-state index contributed by atoms with van der Waals surface area (Å²) in [7, 11) is 0. The van der Waals surface area contributed by atoms with Gasteiger partial charge in [0.15, 0.2) is 11.5 Å². The van der Waals surface area contributed by atoms with Crippen LogP contribution in [-0.2, 0) is 11.2 Å². The highest BCUT2D eigenvalue weighted by Crippen LogP contribution is 2.37. The molecule has 0 spiro atoms. The molecule has 0 aromatic heterocycles. The molecule has 3 aromatic rings. The first-order valence-electron chi connectivity index (χ1n) is 12.5. The smallest absolute Gasteiger partial charge is 0.314 e. The van der Waals surface area contributed by atoms with Crippen LogP contribution in [0.15, 0.2) is 60.7 Å². The minimum atomic E-state index is -1.20. The van der Waals surface area contributed by atoms with Gasteiger partial charge in [0, 0.05) is 0 Å². The van der Waals surface area contributed by atoms with E-state index in [0.29, 0.717) is 18.8 Å². The quantitative estimate of drug-likeness (QED) is 0.244. The van der Waals surface area contributed by atoms with Gasteiger partial charge in [-0.2, -0.15) is 8.78 Å². The molecule has 1 aliphatic rings. The van der Waals surface area contributed by atoms with Gasteiger partial charge in [-0.3, -0.25) is 4.79 Å². The standard InChI is InChI=1S/C30H32F2O3/c1-3-5-20-6-8-21(9-7-20)22-10-12-23(13-11-22)24-14-16-25(17-15-24)30(33)35-27-19-18-26(34-4-2)28(31)29(27)32/h6-13,18-19,24-25H,3-5,14-17H2,1-2H3. The number of hydrogen-bond acceptors (Lipinski definition) is 3. The van der Waals surface area contributed by atoms with Crippen molar-refractivity contribution in [1.82, 2.24) is 0 Å². The normalized spacial score (nSPS) is 17.7. The van der Waals surface area contributed by atoms with E-state index in [1.165, 1.54) is 34.4 Å². The van der Waals surface area contributed by atoms with Gasteiger partial charge >= 0.3 is 5.97 Å². The van der Waals surface area contributed by atoms with Gasteiger partial charge in [-0.1, -0.05) is 61.9 Å². The van der Waals surface area contributed by atoms with Crippen molar-refractivity contribution in [2.45, 2.75) is 58.3 Å². The number of rotatable bonds is 8. The molecular weight excluding hydrogens is 446 g/mol. The highest BCUT2D eigenvalue weighted by Gasteiger charge is 2.29. The molecule has 184 valence electrons. The molecule has 5 heteroatoms. The molecule has 3 nitrogen and oxygen atoms in total. The molecular formula is C30H32F2O3. The Morgan fingerprint density at radius 1 is 0.800 bits per heavy atom. The molecule has 0 heterocycles. The second-order valence-electron chi connectivity index (χ2n) is 9.16. The molecule has 0 saturated heterocycles. The number of halogens is 2. The minimum Gasteiger partial charge on any atom is -0.491 e. The fourth-order valence-corrected chi connectivity index (χ4v) is 4.81. The van der Waals surface area contributed by atoms with Crippen molar-refractivity contribution >= 4 is 5.97 Å². The highest BCUT2D eigenvalue weighted by atomic mass is 19.2. The van der Waals surface area contributed by atoms with Crippen LogP contribution in [0.4, 0.5) is 8.78 Å². The lowest BCUT2D eigenvalue weighted by molar-refractivity contribution is -0.140. The molecule has 1 aliphatic carbocycles. The van der Waals surface area contributed by atoms with Gasteiger partial charge in [-0.15, -0.1) is 0 Å². The van der Waals surface area contributed by atoms with Gasteiger partial charge in [0.2, 0.25) is 11.6 Å². The predicted molar refractivity (Wildman–Crippen MR) is 134 cm³/mol. The summed E-state index contributed by atoms with van der Waals surface area (Å²) in [6, 6.07) is 19.9. The molecule has 0 bridgehead atoms. The average Bonchev–Trinajstić information content (AvgIpc) is 2.89. The van der Waals surface area contributed by atoms with Crippen molar-refractivity contribution in [3.63, 3.8) is 0 Å². The number of carbonyl (C=O) groups excluding carboxylic acids is 1. The van der Waals surface area contributed by atoms with Crippen LogP contribution >= 0.6 is 0 Å². The number of carbonyl (C=O) groups is 1. The van der Waals surface area contributed by atoms with Gasteiger partial charge in [0.25, 0.3) is 0 Å². The molecule has 4 rings (SSSR count). The summed E-state index contributed by atoms with van der Waals surface area (Å²) in [4.78, 5) is 12.6. The first kappa shape index (κ1) is 24.9. The van der Waals surface area contributed by atoms with Crippen LogP contribution in [0.25, 0.3) is 11.1 Å². The molecule has 0 amide bonds. The molecule has 3 aromatic carbocycles. The fraction of sp³-hybridized carbons (Fsp3) is 0.367. The molecule has 1 saturated carbocycles. The number of ether oxygens (including phenoxy) is 2. The van der Waals surface area contributed by atoms with Crippen molar-refractivity contribution in [1.29, 1.82) is 0 Å². The Morgan fingerprint density at radius 3 is 1.97 bits per heavy atom. The number of esters is 1. The van der Waals surface area contributed by atoms with Gasteiger partial charge in [-0.05, 0) is 79.3 Å². The van der Waals surface area contributed by atoms with E-state index in [1.54, 1.807) is 6.92 Å². The summed E-state index contributed by atoms with van der Waals surface area (Å²) in [5.74, 6) is -3.37. The molecule has 1 fully saturated rings. The van der Waals surface area contributed by atoms with E-state index in [4.69, 9.17) is 9.47 Å². The summed E-state index contributed by atoms with van der Waals surface area (Å²) in [6.07, 6.45) is 5.26. The number of hydrogen-bond donors (Lipinski definition) is 0. The van der Waals surface area contributed by atoms with Crippen LogP contribution in [0.3, 0.4) is 0 Å². The largest absolute Gasteiger partial charge is 0.491 e. The topological polar surface area (TPSA) is 35.5 Å². The van der Waals surface area contributed by atoms with Crippen LogP contribution in [0.2, 0.25) is 0 Å². The Hall–Kier alpha value is -3.21. The summed E-state index contributed by atoms with van der Waals surface area (Å²) >= 11 is 0. The Balaban J connectivity index is 1.33.